The SMILES string of the molecule is CC1CC2(C)C(C=C1c1ccccc1)c1cc(-c3ccccc3)ccc1N2c1c(-c2ccccc2)cc(-c2nc(-c3ccc4c(c3)sc3ccccc34)nc(-c3ccc4c(c3)sc3ccccc34)n2)cc1-c1ccccc1. The van der Waals surface area contributed by atoms with Crippen LogP contribution in [0.3, 0.4) is 0 Å². The van der Waals surface area contributed by atoms with E-state index in [1.807, 2.05) is 22.7 Å². The van der Waals surface area contributed by atoms with Gasteiger partial charge in [0.25, 0.3) is 0 Å². The first-order valence-electron chi connectivity index (χ1n) is 26.6. The first-order valence-corrected chi connectivity index (χ1v) is 28.2. The third-order valence-corrected chi connectivity index (χ3v) is 18.5. The minimum absolute atomic E-state index is 0.102. The van der Waals surface area contributed by atoms with Crippen molar-refractivity contribution in [1.82, 2.24) is 15.0 Å². The molecule has 0 spiro atoms. The van der Waals surface area contributed by atoms with Gasteiger partial charge < -0.3 is 4.90 Å². The minimum Gasteiger partial charge on any atom is -0.333 e. The van der Waals surface area contributed by atoms with Crippen LogP contribution in [0.5, 0.6) is 0 Å². The highest BCUT2D eigenvalue weighted by Gasteiger charge is 2.52. The normalized spacial score (nSPS) is 17.0. The fourth-order valence-electron chi connectivity index (χ4n) is 12.7. The summed E-state index contributed by atoms with van der Waals surface area (Å²) in [6, 6.07) is 86.3. The van der Waals surface area contributed by atoms with Gasteiger partial charge in [0.2, 0.25) is 0 Å². The molecule has 13 aromatic rings. The highest BCUT2D eigenvalue weighted by molar-refractivity contribution is 7.26. The molecule has 2 aliphatic rings. The van der Waals surface area contributed by atoms with E-state index < -0.39 is 0 Å². The Morgan fingerprint density at radius 3 is 1.38 bits per heavy atom. The van der Waals surface area contributed by atoms with Crippen molar-refractivity contribution in [1.29, 1.82) is 0 Å². The van der Waals surface area contributed by atoms with Crippen LogP contribution in [0.15, 0.2) is 243 Å². The van der Waals surface area contributed by atoms with Crippen molar-refractivity contribution in [3.63, 3.8) is 0 Å². The second-order valence-corrected chi connectivity index (χ2v) is 23.1. The van der Waals surface area contributed by atoms with Crippen LogP contribution < -0.4 is 4.90 Å². The summed E-state index contributed by atoms with van der Waals surface area (Å²) in [5, 5.41) is 5.01. The van der Waals surface area contributed by atoms with Gasteiger partial charge in [-0.15, -0.1) is 22.7 Å². The molecule has 15 rings (SSSR count). The molecule has 0 N–H and O–H groups in total. The van der Waals surface area contributed by atoms with Crippen molar-refractivity contribution < 1.29 is 0 Å². The monoisotopic (exact) mass is 1020 g/mol. The summed E-state index contributed by atoms with van der Waals surface area (Å²) < 4.78 is 4.95. The molecule has 0 saturated heterocycles. The van der Waals surface area contributed by atoms with Crippen molar-refractivity contribution in [3.8, 4) is 67.5 Å². The van der Waals surface area contributed by atoms with E-state index in [0.717, 1.165) is 45.4 Å². The molecular weight excluding hydrogens is 973 g/mol. The number of rotatable bonds is 8. The molecule has 0 saturated carbocycles. The molecule has 3 aromatic heterocycles. The number of nitrogens with zero attached hydrogens (tertiary/aromatic N) is 4. The van der Waals surface area contributed by atoms with Gasteiger partial charge in [0, 0.05) is 79.8 Å². The van der Waals surface area contributed by atoms with E-state index in [9.17, 15) is 0 Å². The molecule has 0 amide bonds. The van der Waals surface area contributed by atoms with Gasteiger partial charge in [0.05, 0.1) is 11.2 Å². The Balaban J connectivity index is 0.983. The summed E-state index contributed by atoms with van der Waals surface area (Å²) in [7, 11) is 0. The van der Waals surface area contributed by atoms with E-state index in [2.05, 4.69) is 261 Å². The number of hydrogen-bond acceptors (Lipinski definition) is 6. The summed E-state index contributed by atoms with van der Waals surface area (Å²) in [4.78, 5) is 19.1. The number of benzene rings is 10. The Hall–Kier alpha value is -8.81. The summed E-state index contributed by atoms with van der Waals surface area (Å²) >= 11 is 3.62. The molecule has 10 aromatic carbocycles. The first-order chi connectivity index (χ1) is 37.9. The minimum atomic E-state index is -0.339. The molecule has 3 atom stereocenters. The van der Waals surface area contributed by atoms with E-state index in [1.165, 1.54) is 79.5 Å². The van der Waals surface area contributed by atoms with Crippen LogP contribution in [-0.4, -0.2) is 20.5 Å². The molecule has 6 heteroatoms. The van der Waals surface area contributed by atoms with Crippen LogP contribution in [0.2, 0.25) is 0 Å². The molecular formula is C71H50N4S2. The molecule has 0 radical (unpaired) electrons. The maximum Gasteiger partial charge on any atom is 0.164 e. The molecule has 4 nitrogen and oxygen atoms in total. The van der Waals surface area contributed by atoms with Gasteiger partial charge in [-0.1, -0.05) is 201 Å². The predicted octanol–water partition coefficient (Wildman–Crippen LogP) is 19.7. The molecule has 1 aliphatic carbocycles. The summed E-state index contributed by atoms with van der Waals surface area (Å²) in [6.07, 6.45) is 3.56. The summed E-state index contributed by atoms with van der Waals surface area (Å²) in [5.74, 6) is 2.30. The number of aromatic nitrogens is 3. The van der Waals surface area contributed by atoms with E-state index in [1.54, 1.807) is 0 Å². The molecule has 0 bridgehead atoms. The van der Waals surface area contributed by atoms with Crippen molar-refractivity contribution in [2.24, 2.45) is 5.92 Å². The van der Waals surface area contributed by atoms with Gasteiger partial charge in [-0.3, -0.25) is 0 Å². The van der Waals surface area contributed by atoms with Crippen LogP contribution in [0.25, 0.3) is 113 Å². The van der Waals surface area contributed by atoms with Gasteiger partial charge in [-0.05, 0) is 107 Å². The van der Waals surface area contributed by atoms with Crippen molar-refractivity contribution >= 4 is 80.0 Å². The summed E-state index contributed by atoms with van der Waals surface area (Å²) in [5.41, 5.74) is 15.9. The Labute approximate surface area is 456 Å². The van der Waals surface area contributed by atoms with Gasteiger partial charge in [-0.2, -0.15) is 0 Å². The lowest BCUT2D eigenvalue weighted by molar-refractivity contribution is 0.359. The molecule has 4 heterocycles. The molecule has 366 valence electrons. The Kier molecular flexibility index (Phi) is 10.8. The topological polar surface area (TPSA) is 41.9 Å². The lowest BCUT2D eigenvalue weighted by Crippen LogP contribution is -2.46. The van der Waals surface area contributed by atoms with Gasteiger partial charge in [-0.25, -0.2) is 15.0 Å². The third-order valence-electron chi connectivity index (χ3n) is 16.3. The lowest BCUT2D eigenvalue weighted by Gasteiger charge is -2.47. The molecule has 3 unspecified atom stereocenters. The average Bonchev–Trinajstić information content (AvgIpc) is 4.20. The fourth-order valence-corrected chi connectivity index (χ4v) is 15.0. The maximum absolute atomic E-state index is 5.52. The smallest absolute Gasteiger partial charge is 0.164 e. The van der Waals surface area contributed by atoms with Crippen LogP contribution >= 0.6 is 22.7 Å². The number of fused-ring (bicyclic) bond motifs is 9. The van der Waals surface area contributed by atoms with Crippen LogP contribution in [0.4, 0.5) is 11.4 Å². The average molecular weight is 1020 g/mol. The van der Waals surface area contributed by atoms with E-state index in [4.69, 9.17) is 15.0 Å². The summed E-state index contributed by atoms with van der Waals surface area (Å²) in [6.45, 7) is 4.93. The molecule has 1 aliphatic heterocycles. The van der Waals surface area contributed by atoms with Crippen molar-refractivity contribution in [2.45, 2.75) is 31.7 Å². The van der Waals surface area contributed by atoms with Crippen molar-refractivity contribution in [3.05, 3.63) is 254 Å². The van der Waals surface area contributed by atoms with Gasteiger partial charge >= 0.3 is 0 Å². The standard InChI is InChI=1S/C71H50N4S2/c1-44-43-71(2)61(42-57(44)46-21-9-4-10-22-46)60-37-49(45-19-7-3-8-20-45)33-36-62(60)75(71)67-58(47-23-11-5-12-24-47)38-52(39-59(67)48-25-13-6-14-26-48)70-73-68(50-31-34-55-53-27-15-17-29-63(53)76-65(55)40-50)72-69(74-70)51-32-35-56-54-28-16-18-30-64(54)77-66(56)41-51/h3-42,44,61H,43H2,1-2H3. The quantitative estimate of drug-likeness (QED) is 0.152. The van der Waals surface area contributed by atoms with Crippen LogP contribution in [0, 0.1) is 5.92 Å². The first kappa shape index (κ1) is 45.6. The highest BCUT2D eigenvalue weighted by Crippen LogP contribution is 2.62. The second kappa shape index (κ2) is 18.2. The molecule has 77 heavy (non-hydrogen) atoms. The van der Waals surface area contributed by atoms with Crippen LogP contribution in [-0.2, 0) is 0 Å². The second-order valence-electron chi connectivity index (χ2n) is 21.0. The van der Waals surface area contributed by atoms with E-state index in [-0.39, 0.29) is 11.5 Å². The van der Waals surface area contributed by atoms with Gasteiger partial charge in [0.1, 0.15) is 0 Å². The molecule has 0 fully saturated rings. The Bertz CT molecular complexity index is 4280. The zero-order valence-corrected chi connectivity index (χ0v) is 44.2. The maximum atomic E-state index is 5.52. The van der Waals surface area contributed by atoms with E-state index in [0.29, 0.717) is 23.4 Å². The van der Waals surface area contributed by atoms with Crippen molar-refractivity contribution in [2.75, 3.05) is 4.90 Å². The lowest BCUT2D eigenvalue weighted by atomic mass is 9.68. The number of hydrogen-bond donors (Lipinski definition) is 0. The predicted molar refractivity (Wildman–Crippen MR) is 326 cm³/mol. The Morgan fingerprint density at radius 2 is 0.844 bits per heavy atom. The van der Waals surface area contributed by atoms with E-state index >= 15 is 0 Å². The fraction of sp³-hybridized carbons (Fsp3) is 0.0845. The Morgan fingerprint density at radius 1 is 0.403 bits per heavy atom. The number of anilines is 2. The van der Waals surface area contributed by atoms with Gasteiger partial charge in [0.15, 0.2) is 17.5 Å². The van der Waals surface area contributed by atoms with Crippen LogP contribution in [0.1, 0.15) is 37.3 Å². The number of thiophene rings is 2. The number of allylic oxidation sites excluding steroid dienone is 1. The third kappa shape index (κ3) is 7.65. The zero-order valence-electron chi connectivity index (χ0n) is 42.6. The largest absolute Gasteiger partial charge is 0.333 e. The zero-order chi connectivity index (χ0) is 51.2. The highest BCUT2D eigenvalue weighted by atomic mass is 32.1.